The van der Waals surface area contributed by atoms with Gasteiger partial charge in [-0.05, 0) is 75.3 Å². The SMILES string of the molecule is C[C@H](NC(=O)c1cnc(-c2cccc(-c3nnc(C(=O)NC(C4CC4)C4CC4)[nH]3)c2)o1)C1CC1. The Hall–Kier alpha value is -3.49. The summed E-state index contributed by atoms with van der Waals surface area (Å²) in [6, 6.07) is 7.81. The van der Waals surface area contributed by atoms with E-state index in [1.54, 1.807) is 0 Å². The molecule has 3 aliphatic rings. The summed E-state index contributed by atoms with van der Waals surface area (Å²) in [7, 11) is 0. The summed E-state index contributed by atoms with van der Waals surface area (Å²) in [5.41, 5.74) is 1.45. The highest BCUT2D eigenvalue weighted by Gasteiger charge is 2.42. The molecule has 2 amide bonds. The zero-order valence-corrected chi connectivity index (χ0v) is 19.1. The Balaban J connectivity index is 1.15. The topological polar surface area (TPSA) is 126 Å². The van der Waals surface area contributed by atoms with Crippen LogP contribution < -0.4 is 10.6 Å². The molecule has 0 bridgehead atoms. The van der Waals surface area contributed by atoms with Gasteiger partial charge in [0.05, 0.1) is 6.20 Å². The molecule has 0 radical (unpaired) electrons. The lowest BCUT2D eigenvalue weighted by atomic mass is 10.1. The number of aromatic amines is 1. The molecule has 9 heteroatoms. The molecule has 2 heterocycles. The summed E-state index contributed by atoms with van der Waals surface area (Å²) in [5.74, 6) is 2.56. The van der Waals surface area contributed by atoms with Gasteiger partial charge in [0.15, 0.2) is 5.82 Å². The number of benzene rings is 1. The predicted molar refractivity (Wildman–Crippen MR) is 124 cm³/mol. The molecular weight excluding hydrogens is 432 g/mol. The zero-order valence-electron chi connectivity index (χ0n) is 19.1. The van der Waals surface area contributed by atoms with Crippen LogP contribution in [-0.4, -0.2) is 44.1 Å². The Morgan fingerprint density at radius 2 is 1.68 bits per heavy atom. The van der Waals surface area contributed by atoms with Crippen LogP contribution in [-0.2, 0) is 0 Å². The van der Waals surface area contributed by atoms with E-state index in [4.69, 9.17) is 4.42 Å². The van der Waals surface area contributed by atoms with Crippen molar-refractivity contribution in [3.8, 4) is 22.8 Å². The molecule has 3 saturated carbocycles. The number of rotatable bonds is 9. The van der Waals surface area contributed by atoms with Crippen LogP contribution in [0.4, 0.5) is 0 Å². The minimum Gasteiger partial charge on any atom is -0.431 e. The maximum Gasteiger partial charge on any atom is 0.289 e. The van der Waals surface area contributed by atoms with Crippen LogP contribution in [0.2, 0.25) is 0 Å². The van der Waals surface area contributed by atoms with E-state index in [2.05, 4.69) is 30.8 Å². The number of hydrogen-bond acceptors (Lipinski definition) is 6. The third-order valence-corrected chi connectivity index (χ3v) is 7.06. The number of carbonyl (C=O) groups excluding carboxylic acids is 2. The fourth-order valence-electron chi connectivity index (χ4n) is 4.55. The smallest absolute Gasteiger partial charge is 0.289 e. The van der Waals surface area contributed by atoms with E-state index in [0.29, 0.717) is 35.0 Å². The second-order valence-corrected chi connectivity index (χ2v) is 9.91. The summed E-state index contributed by atoms with van der Waals surface area (Å²) >= 11 is 0. The van der Waals surface area contributed by atoms with Gasteiger partial charge in [-0.25, -0.2) is 4.98 Å². The van der Waals surface area contributed by atoms with Crippen LogP contribution in [0.5, 0.6) is 0 Å². The summed E-state index contributed by atoms with van der Waals surface area (Å²) in [6.07, 6.45) is 8.54. The van der Waals surface area contributed by atoms with Crippen molar-refractivity contribution in [2.24, 2.45) is 17.8 Å². The van der Waals surface area contributed by atoms with Crippen molar-refractivity contribution in [2.75, 3.05) is 0 Å². The number of carbonyl (C=O) groups is 2. The molecule has 2 aromatic heterocycles. The standard InChI is InChI=1S/C25H28N6O3/c1-13(14-5-6-14)27-23(32)19-12-26-25(34-19)18-4-2-3-17(11-18)21-29-22(31-30-21)24(33)28-20(15-7-8-15)16-9-10-16/h2-4,11-16,20H,5-10H2,1H3,(H,27,32)(H,28,33)(H,29,30,31)/t13-/m0/s1. The van der Waals surface area contributed by atoms with Gasteiger partial charge in [-0.3, -0.25) is 9.59 Å². The number of hydrogen-bond donors (Lipinski definition) is 3. The molecule has 3 N–H and O–H groups in total. The van der Waals surface area contributed by atoms with Gasteiger partial charge >= 0.3 is 0 Å². The van der Waals surface area contributed by atoms with Crippen molar-refractivity contribution >= 4 is 11.8 Å². The van der Waals surface area contributed by atoms with Crippen molar-refractivity contribution in [3.63, 3.8) is 0 Å². The highest BCUT2D eigenvalue weighted by molar-refractivity contribution is 5.92. The minimum absolute atomic E-state index is 0.131. The first kappa shape index (κ1) is 21.1. The molecule has 3 fully saturated rings. The quantitative estimate of drug-likeness (QED) is 0.448. The van der Waals surface area contributed by atoms with Gasteiger partial charge in [-0.15, -0.1) is 10.2 Å². The number of aromatic nitrogens is 4. The molecule has 34 heavy (non-hydrogen) atoms. The van der Waals surface area contributed by atoms with Crippen LogP contribution in [0.15, 0.2) is 34.9 Å². The van der Waals surface area contributed by atoms with Gasteiger partial charge < -0.3 is 20.0 Å². The van der Waals surface area contributed by atoms with Gasteiger partial charge in [0.1, 0.15) is 0 Å². The number of nitrogens with one attached hydrogen (secondary N) is 3. The van der Waals surface area contributed by atoms with Crippen LogP contribution in [0.1, 0.15) is 66.6 Å². The molecule has 0 saturated heterocycles. The Morgan fingerprint density at radius 1 is 0.971 bits per heavy atom. The first-order valence-electron chi connectivity index (χ1n) is 12.2. The van der Waals surface area contributed by atoms with Gasteiger partial charge in [-0.2, -0.15) is 0 Å². The number of oxazole rings is 1. The normalized spacial score (nSPS) is 18.6. The van der Waals surface area contributed by atoms with Crippen LogP contribution >= 0.6 is 0 Å². The monoisotopic (exact) mass is 460 g/mol. The fraction of sp³-hybridized carbons (Fsp3) is 0.480. The summed E-state index contributed by atoms with van der Waals surface area (Å²) < 4.78 is 5.73. The summed E-state index contributed by atoms with van der Waals surface area (Å²) in [4.78, 5) is 32.5. The fourth-order valence-corrected chi connectivity index (χ4v) is 4.55. The zero-order chi connectivity index (χ0) is 23.2. The van der Waals surface area contributed by atoms with Gasteiger partial charge in [0, 0.05) is 23.2 Å². The van der Waals surface area contributed by atoms with Crippen molar-refractivity contribution in [1.29, 1.82) is 0 Å². The lowest BCUT2D eigenvalue weighted by molar-refractivity contribution is 0.0904. The third kappa shape index (κ3) is 4.47. The van der Waals surface area contributed by atoms with Crippen molar-refractivity contribution in [1.82, 2.24) is 30.8 Å². The molecule has 9 nitrogen and oxygen atoms in total. The molecule has 0 spiro atoms. The maximum absolute atomic E-state index is 12.7. The van der Waals surface area contributed by atoms with E-state index in [9.17, 15) is 9.59 Å². The first-order chi connectivity index (χ1) is 16.5. The van der Waals surface area contributed by atoms with Crippen LogP contribution in [0.3, 0.4) is 0 Å². The minimum atomic E-state index is -0.254. The van der Waals surface area contributed by atoms with E-state index >= 15 is 0 Å². The number of H-pyrrole nitrogens is 1. The van der Waals surface area contributed by atoms with E-state index < -0.39 is 0 Å². The Morgan fingerprint density at radius 3 is 2.38 bits per heavy atom. The largest absolute Gasteiger partial charge is 0.431 e. The Kier molecular flexibility index (Phi) is 5.19. The Bertz CT molecular complexity index is 1210. The number of nitrogens with zero attached hydrogens (tertiary/aromatic N) is 3. The molecule has 3 aliphatic carbocycles. The van der Waals surface area contributed by atoms with E-state index in [0.717, 1.165) is 18.4 Å². The van der Waals surface area contributed by atoms with E-state index in [1.807, 2.05) is 31.2 Å². The second kappa shape index (κ2) is 8.38. The van der Waals surface area contributed by atoms with Crippen molar-refractivity contribution in [3.05, 3.63) is 42.0 Å². The van der Waals surface area contributed by atoms with Gasteiger partial charge in [0.25, 0.3) is 11.8 Å². The second-order valence-electron chi connectivity index (χ2n) is 9.91. The third-order valence-electron chi connectivity index (χ3n) is 7.06. The molecule has 3 aromatic rings. The van der Waals surface area contributed by atoms with Crippen molar-refractivity contribution in [2.45, 2.75) is 57.5 Å². The highest BCUT2D eigenvalue weighted by atomic mass is 16.4. The lowest BCUT2D eigenvalue weighted by Crippen LogP contribution is -2.38. The molecular formula is C25H28N6O3. The predicted octanol–water partition coefficient (Wildman–Crippen LogP) is 3.57. The van der Waals surface area contributed by atoms with Gasteiger partial charge in [0.2, 0.25) is 17.5 Å². The molecule has 0 aliphatic heterocycles. The van der Waals surface area contributed by atoms with E-state index in [1.165, 1.54) is 31.9 Å². The molecule has 176 valence electrons. The summed E-state index contributed by atoms with van der Waals surface area (Å²) in [6.45, 7) is 2.01. The summed E-state index contributed by atoms with van der Waals surface area (Å²) in [5, 5.41) is 14.4. The van der Waals surface area contributed by atoms with Crippen LogP contribution in [0, 0.1) is 17.8 Å². The van der Waals surface area contributed by atoms with Crippen molar-refractivity contribution < 1.29 is 14.0 Å². The first-order valence-corrected chi connectivity index (χ1v) is 12.2. The lowest BCUT2D eigenvalue weighted by Gasteiger charge is -2.16. The molecule has 1 aromatic carbocycles. The average Bonchev–Trinajstić information content (AvgIpc) is 3.75. The molecule has 0 unspecified atom stereocenters. The highest BCUT2D eigenvalue weighted by Crippen LogP contribution is 2.44. The van der Waals surface area contributed by atoms with E-state index in [-0.39, 0.29) is 35.5 Å². The molecule has 6 rings (SSSR count). The average molecular weight is 461 g/mol. The van der Waals surface area contributed by atoms with Crippen LogP contribution in [0.25, 0.3) is 22.8 Å². The molecule has 1 atom stereocenters. The maximum atomic E-state index is 12.7. The number of amides is 2. The van der Waals surface area contributed by atoms with Gasteiger partial charge in [-0.1, -0.05) is 12.1 Å². The Labute approximate surface area is 197 Å².